The van der Waals surface area contributed by atoms with Gasteiger partial charge in [-0.1, -0.05) is 34.1 Å². The monoisotopic (exact) mass is 600 g/mol. The fourth-order valence-corrected chi connectivity index (χ4v) is 9.99. The summed E-state index contributed by atoms with van der Waals surface area (Å²) in [6.07, 6.45) is 0.592. The van der Waals surface area contributed by atoms with E-state index < -0.39 is 22.6 Å². The third kappa shape index (κ3) is 4.50. The Hall–Kier alpha value is -2.56. The van der Waals surface area contributed by atoms with Crippen molar-refractivity contribution in [2.45, 2.75) is 41.1 Å². The summed E-state index contributed by atoms with van der Waals surface area (Å²) in [6, 6.07) is 16.1. The average molecular weight is 602 g/mol. The van der Waals surface area contributed by atoms with Gasteiger partial charge in [0.2, 0.25) is 17.7 Å². The smallest absolute Gasteiger partial charge is 0.248 e. The summed E-state index contributed by atoms with van der Waals surface area (Å²) in [5.74, 6) is -1.96. The minimum absolute atomic E-state index is 0.0131. The Labute approximate surface area is 235 Å². The number of β-amino-alcohol motifs (C(OH)–C–C–N with tert-alkyl or cyclic N) is 1. The molecular formula is C28H33BrN4O4S. The van der Waals surface area contributed by atoms with Gasteiger partial charge in [-0.15, -0.1) is 11.8 Å². The standard InChI is InChI=1S/C28H33BrN4O4S/c1-3-32(4-2)19-12-10-18(11-13-19)31-26(36)24-28-16-20(29)23(38-28)21(22(28)27(37)33(24)14-15-34)25(35)30-17-8-6-5-7-9-17/h5-13,20-24,34H,3-4,14-16H2,1-2H3,(H,30,35)(H,31,36)/t20?,21-,22-,23-,24?,28?/m0/s1. The number of anilines is 3. The zero-order valence-electron chi connectivity index (χ0n) is 21.5. The number of nitrogens with zero attached hydrogens (tertiary/aromatic N) is 2. The molecule has 3 aliphatic rings. The Balaban J connectivity index is 1.42. The Bertz CT molecular complexity index is 1200. The van der Waals surface area contributed by atoms with Crippen LogP contribution >= 0.6 is 27.7 Å². The molecule has 2 aromatic rings. The van der Waals surface area contributed by atoms with Crippen LogP contribution in [0.15, 0.2) is 54.6 Å². The number of carbonyl (C=O) groups excluding carboxylic acids is 3. The lowest BCUT2D eigenvalue weighted by atomic mass is 9.70. The number of aliphatic hydroxyl groups is 1. The van der Waals surface area contributed by atoms with Crippen molar-refractivity contribution in [2.24, 2.45) is 11.8 Å². The first kappa shape index (κ1) is 27.0. The van der Waals surface area contributed by atoms with Gasteiger partial charge in [-0.2, -0.15) is 0 Å². The summed E-state index contributed by atoms with van der Waals surface area (Å²) >= 11 is 5.34. The summed E-state index contributed by atoms with van der Waals surface area (Å²) < 4.78 is -0.755. The molecule has 3 unspecified atom stereocenters. The Morgan fingerprint density at radius 1 is 1.05 bits per heavy atom. The van der Waals surface area contributed by atoms with E-state index in [4.69, 9.17) is 0 Å². The van der Waals surface area contributed by atoms with Gasteiger partial charge in [0.15, 0.2) is 0 Å². The van der Waals surface area contributed by atoms with E-state index in [1.165, 1.54) is 4.90 Å². The number of benzene rings is 2. The highest BCUT2D eigenvalue weighted by Gasteiger charge is 2.75. The van der Waals surface area contributed by atoms with Gasteiger partial charge in [0, 0.05) is 46.8 Å². The summed E-state index contributed by atoms with van der Waals surface area (Å²) in [5.41, 5.74) is 2.39. The van der Waals surface area contributed by atoms with Gasteiger partial charge in [-0.05, 0) is 56.7 Å². The summed E-state index contributed by atoms with van der Waals surface area (Å²) in [6.45, 7) is 5.75. The van der Waals surface area contributed by atoms with Crippen LogP contribution in [0.25, 0.3) is 0 Å². The Kier molecular flexibility index (Phi) is 7.75. The predicted molar refractivity (Wildman–Crippen MR) is 155 cm³/mol. The molecule has 3 aliphatic heterocycles. The van der Waals surface area contributed by atoms with E-state index in [-0.39, 0.29) is 41.0 Å². The van der Waals surface area contributed by atoms with Gasteiger partial charge in [-0.25, -0.2) is 0 Å². The van der Waals surface area contributed by atoms with Crippen molar-refractivity contribution < 1.29 is 19.5 Å². The number of aliphatic hydroxyl groups excluding tert-OH is 1. The van der Waals surface area contributed by atoms with Crippen LogP contribution in [-0.2, 0) is 14.4 Å². The summed E-state index contributed by atoms with van der Waals surface area (Å²) in [7, 11) is 0. The molecule has 5 rings (SSSR count). The zero-order valence-corrected chi connectivity index (χ0v) is 23.9. The highest BCUT2D eigenvalue weighted by atomic mass is 79.9. The highest BCUT2D eigenvalue weighted by Crippen LogP contribution is 2.67. The first-order valence-corrected chi connectivity index (χ1v) is 14.9. The van der Waals surface area contributed by atoms with Crippen LogP contribution in [0.1, 0.15) is 20.3 Å². The van der Waals surface area contributed by atoms with Gasteiger partial charge in [0.1, 0.15) is 6.04 Å². The molecule has 38 heavy (non-hydrogen) atoms. The molecule has 2 bridgehead atoms. The Morgan fingerprint density at radius 3 is 2.32 bits per heavy atom. The maximum absolute atomic E-state index is 13.8. The largest absolute Gasteiger partial charge is 0.395 e. The number of halogens is 1. The predicted octanol–water partition coefficient (Wildman–Crippen LogP) is 3.57. The van der Waals surface area contributed by atoms with E-state index in [2.05, 4.69) is 45.3 Å². The lowest BCUT2D eigenvalue weighted by Crippen LogP contribution is -2.53. The first-order valence-electron chi connectivity index (χ1n) is 13.1. The fourth-order valence-electron chi connectivity index (χ4n) is 6.38. The second-order valence-corrected chi connectivity index (χ2v) is 12.7. The number of hydrogen-bond donors (Lipinski definition) is 3. The Morgan fingerprint density at radius 2 is 1.68 bits per heavy atom. The molecule has 3 saturated heterocycles. The molecule has 1 spiro atoms. The number of alkyl halides is 1. The van der Waals surface area contributed by atoms with Crippen LogP contribution in [0, 0.1) is 11.8 Å². The molecule has 6 atom stereocenters. The number of carbonyl (C=O) groups is 3. The van der Waals surface area contributed by atoms with Gasteiger partial charge >= 0.3 is 0 Å². The number of fused-ring (bicyclic) bond motifs is 1. The van der Waals surface area contributed by atoms with E-state index in [1.807, 2.05) is 54.6 Å². The normalized spacial score (nSPS) is 29.3. The lowest BCUT2D eigenvalue weighted by molar-refractivity contribution is -0.138. The minimum atomic E-state index is -0.792. The molecule has 0 saturated carbocycles. The van der Waals surface area contributed by atoms with Crippen LogP contribution in [0.4, 0.5) is 17.1 Å². The van der Waals surface area contributed by atoms with Crippen molar-refractivity contribution in [3.05, 3.63) is 54.6 Å². The van der Waals surface area contributed by atoms with Crippen LogP contribution in [-0.4, -0.2) is 74.8 Å². The van der Waals surface area contributed by atoms with Crippen molar-refractivity contribution in [1.29, 1.82) is 0 Å². The molecule has 0 aromatic heterocycles. The fraction of sp³-hybridized carbons (Fsp3) is 0.464. The molecule has 3 heterocycles. The molecule has 3 amide bonds. The van der Waals surface area contributed by atoms with Gasteiger partial charge in [-0.3, -0.25) is 14.4 Å². The van der Waals surface area contributed by atoms with Crippen LogP contribution in [0.2, 0.25) is 0 Å². The zero-order chi connectivity index (χ0) is 27.0. The summed E-state index contributed by atoms with van der Waals surface area (Å²) in [4.78, 5) is 44.9. The van der Waals surface area contributed by atoms with Crippen molar-refractivity contribution in [2.75, 3.05) is 41.8 Å². The highest BCUT2D eigenvalue weighted by molar-refractivity contribution is 9.09. The van der Waals surface area contributed by atoms with Crippen molar-refractivity contribution in [3.8, 4) is 0 Å². The van der Waals surface area contributed by atoms with E-state index in [0.29, 0.717) is 17.8 Å². The SMILES string of the molecule is CCN(CC)c1ccc(NC(=O)C2N(CCO)C(=O)[C@@H]3[C@H](C(=O)Nc4ccccc4)[C@H]4SC23CC4Br)cc1. The number of amides is 3. The van der Waals surface area contributed by atoms with E-state index >= 15 is 0 Å². The van der Waals surface area contributed by atoms with Gasteiger partial charge in [0.05, 0.1) is 23.2 Å². The molecule has 0 radical (unpaired) electrons. The van der Waals surface area contributed by atoms with Gasteiger partial charge < -0.3 is 25.5 Å². The number of likely N-dealkylation sites (tertiary alicyclic amines) is 1. The topological polar surface area (TPSA) is 102 Å². The van der Waals surface area contributed by atoms with Gasteiger partial charge in [0.25, 0.3) is 0 Å². The second kappa shape index (κ2) is 10.9. The van der Waals surface area contributed by atoms with E-state index in [9.17, 15) is 19.5 Å². The third-order valence-electron chi connectivity index (χ3n) is 7.99. The molecule has 8 nitrogen and oxygen atoms in total. The number of rotatable bonds is 9. The van der Waals surface area contributed by atoms with Crippen molar-refractivity contribution >= 4 is 62.5 Å². The second-order valence-electron chi connectivity index (χ2n) is 9.98. The van der Waals surface area contributed by atoms with Crippen LogP contribution < -0.4 is 15.5 Å². The lowest BCUT2D eigenvalue weighted by Gasteiger charge is -2.35. The molecule has 0 aliphatic carbocycles. The first-order chi connectivity index (χ1) is 18.3. The van der Waals surface area contributed by atoms with Crippen LogP contribution in [0.3, 0.4) is 0 Å². The number of nitrogens with one attached hydrogen (secondary N) is 2. The third-order valence-corrected chi connectivity index (χ3v) is 11.2. The van der Waals surface area contributed by atoms with Crippen molar-refractivity contribution in [1.82, 2.24) is 4.90 Å². The number of thioether (sulfide) groups is 1. The van der Waals surface area contributed by atoms with Crippen LogP contribution in [0.5, 0.6) is 0 Å². The summed E-state index contributed by atoms with van der Waals surface area (Å²) in [5, 5.41) is 15.7. The molecule has 3 fully saturated rings. The molecule has 3 N–H and O–H groups in total. The quantitative estimate of drug-likeness (QED) is 0.380. The molecular weight excluding hydrogens is 568 g/mol. The molecule has 2 aromatic carbocycles. The molecule has 10 heteroatoms. The number of hydrogen-bond acceptors (Lipinski definition) is 6. The maximum atomic E-state index is 13.8. The van der Waals surface area contributed by atoms with E-state index in [0.717, 1.165) is 18.8 Å². The average Bonchev–Trinajstić information content (AvgIpc) is 3.50. The van der Waals surface area contributed by atoms with E-state index in [1.54, 1.807) is 11.8 Å². The van der Waals surface area contributed by atoms with Crippen molar-refractivity contribution in [3.63, 3.8) is 0 Å². The molecule has 202 valence electrons. The number of para-hydroxylation sites is 1. The maximum Gasteiger partial charge on any atom is 0.248 e. The minimum Gasteiger partial charge on any atom is -0.395 e.